The van der Waals surface area contributed by atoms with Crippen LogP contribution < -0.4 is 4.90 Å². The lowest BCUT2D eigenvalue weighted by Gasteiger charge is -2.36. The second-order valence-electron chi connectivity index (χ2n) is 7.60. The number of ether oxygens (including phenoxy) is 1. The number of benzene rings is 1. The number of hydrogen-bond acceptors (Lipinski definition) is 3. The summed E-state index contributed by atoms with van der Waals surface area (Å²) in [5, 5.41) is 9.82. The van der Waals surface area contributed by atoms with E-state index in [1.807, 2.05) is 39.0 Å². The van der Waals surface area contributed by atoms with Crippen LogP contribution in [0.3, 0.4) is 0 Å². The minimum absolute atomic E-state index is 0.0211. The van der Waals surface area contributed by atoms with E-state index in [2.05, 4.69) is 6.07 Å². The third kappa shape index (κ3) is 2.72. The first-order chi connectivity index (χ1) is 10.3. The van der Waals surface area contributed by atoms with Crippen molar-refractivity contribution in [1.29, 1.82) is 0 Å². The molecule has 4 nitrogen and oxygen atoms in total. The molecule has 0 aromatic heterocycles. The largest absolute Gasteiger partial charge is 0.443 e. The van der Waals surface area contributed by atoms with Crippen LogP contribution in [0.1, 0.15) is 52.0 Å². The van der Waals surface area contributed by atoms with Crippen LogP contribution in [0.25, 0.3) is 0 Å². The fraction of sp³-hybridized carbons (Fsp3) is 0.611. The molecule has 3 rings (SSSR count). The number of amides is 1. The zero-order chi connectivity index (χ0) is 16.0. The Morgan fingerprint density at radius 2 is 1.91 bits per heavy atom. The lowest BCUT2D eigenvalue weighted by Crippen LogP contribution is -2.42. The maximum Gasteiger partial charge on any atom is 0.414 e. The number of rotatable bonds is 0. The van der Waals surface area contributed by atoms with Crippen molar-refractivity contribution in [3.8, 4) is 0 Å². The van der Waals surface area contributed by atoms with Crippen molar-refractivity contribution in [2.75, 3.05) is 11.4 Å². The molecule has 1 fully saturated rings. The second-order valence-corrected chi connectivity index (χ2v) is 7.60. The van der Waals surface area contributed by atoms with Gasteiger partial charge >= 0.3 is 6.09 Å². The van der Waals surface area contributed by atoms with Crippen LogP contribution in [0.5, 0.6) is 0 Å². The first kappa shape index (κ1) is 15.3. The summed E-state index contributed by atoms with van der Waals surface area (Å²) >= 11 is 0. The Morgan fingerprint density at radius 3 is 2.55 bits per heavy atom. The molecule has 1 aliphatic heterocycles. The molecule has 1 spiro atoms. The summed E-state index contributed by atoms with van der Waals surface area (Å²) in [6.45, 7) is 6.33. The summed E-state index contributed by atoms with van der Waals surface area (Å²) in [6, 6.07) is 8.12. The van der Waals surface area contributed by atoms with Gasteiger partial charge in [0.05, 0.1) is 11.8 Å². The Bertz CT molecular complexity index is 568. The molecule has 4 heteroatoms. The average Bonchev–Trinajstić information content (AvgIpc) is 2.76. The van der Waals surface area contributed by atoms with Gasteiger partial charge in [0.1, 0.15) is 5.60 Å². The van der Waals surface area contributed by atoms with E-state index in [4.69, 9.17) is 4.74 Å². The van der Waals surface area contributed by atoms with Crippen molar-refractivity contribution in [2.45, 2.75) is 63.6 Å². The molecule has 0 unspecified atom stereocenters. The molecule has 0 saturated heterocycles. The number of para-hydroxylation sites is 1. The van der Waals surface area contributed by atoms with Crippen molar-refractivity contribution in [2.24, 2.45) is 0 Å². The Morgan fingerprint density at radius 1 is 1.27 bits per heavy atom. The van der Waals surface area contributed by atoms with E-state index in [1.165, 1.54) is 5.56 Å². The molecule has 1 aromatic carbocycles. The van der Waals surface area contributed by atoms with Gasteiger partial charge in [0.15, 0.2) is 0 Å². The molecule has 1 saturated carbocycles. The van der Waals surface area contributed by atoms with Crippen LogP contribution in [-0.2, 0) is 10.2 Å². The summed E-state index contributed by atoms with van der Waals surface area (Å²) < 4.78 is 5.57. The van der Waals surface area contributed by atoms with Gasteiger partial charge in [0.25, 0.3) is 0 Å². The third-order valence-electron chi connectivity index (χ3n) is 4.75. The van der Waals surface area contributed by atoms with Crippen LogP contribution in [0.4, 0.5) is 10.5 Å². The monoisotopic (exact) mass is 303 g/mol. The van der Waals surface area contributed by atoms with Gasteiger partial charge in [0.2, 0.25) is 0 Å². The molecule has 1 aromatic rings. The summed E-state index contributed by atoms with van der Waals surface area (Å²) in [5.74, 6) is 0. The van der Waals surface area contributed by atoms with Gasteiger partial charge in [-0.1, -0.05) is 18.2 Å². The molecular formula is C18H25NO3. The quantitative estimate of drug-likeness (QED) is 0.796. The fourth-order valence-electron chi connectivity index (χ4n) is 3.69. The molecule has 0 bridgehead atoms. The zero-order valence-electron chi connectivity index (χ0n) is 13.6. The Kier molecular flexibility index (Phi) is 3.68. The fourth-order valence-corrected chi connectivity index (χ4v) is 3.69. The Balaban J connectivity index is 1.91. The van der Waals surface area contributed by atoms with Crippen LogP contribution in [0.15, 0.2) is 24.3 Å². The maximum atomic E-state index is 12.6. The van der Waals surface area contributed by atoms with E-state index < -0.39 is 5.60 Å². The summed E-state index contributed by atoms with van der Waals surface area (Å²) in [4.78, 5) is 14.3. The van der Waals surface area contributed by atoms with Crippen LogP contribution in [-0.4, -0.2) is 29.4 Å². The first-order valence-electron chi connectivity index (χ1n) is 8.09. The van der Waals surface area contributed by atoms with Gasteiger partial charge in [-0.25, -0.2) is 4.79 Å². The van der Waals surface area contributed by atoms with Crippen molar-refractivity contribution in [3.05, 3.63) is 29.8 Å². The highest BCUT2D eigenvalue weighted by Gasteiger charge is 2.47. The van der Waals surface area contributed by atoms with Crippen molar-refractivity contribution in [1.82, 2.24) is 0 Å². The number of fused-ring (bicyclic) bond motifs is 2. The normalized spacial score (nSPS) is 27.8. The topological polar surface area (TPSA) is 49.8 Å². The average molecular weight is 303 g/mol. The van der Waals surface area contributed by atoms with E-state index in [9.17, 15) is 9.90 Å². The van der Waals surface area contributed by atoms with E-state index in [-0.39, 0.29) is 17.6 Å². The van der Waals surface area contributed by atoms with Crippen molar-refractivity contribution < 1.29 is 14.6 Å². The number of aliphatic hydroxyl groups excluding tert-OH is 1. The van der Waals surface area contributed by atoms with E-state index in [0.29, 0.717) is 6.54 Å². The first-order valence-corrected chi connectivity index (χ1v) is 8.09. The number of carbonyl (C=O) groups excluding carboxylic acids is 1. The highest BCUT2D eigenvalue weighted by atomic mass is 16.6. The smallest absolute Gasteiger partial charge is 0.414 e. The van der Waals surface area contributed by atoms with Crippen LogP contribution in [0.2, 0.25) is 0 Å². The lowest BCUT2D eigenvalue weighted by atomic mass is 9.70. The minimum Gasteiger partial charge on any atom is -0.443 e. The summed E-state index contributed by atoms with van der Waals surface area (Å²) in [5.41, 5.74) is 1.68. The molecule has 120 valence electrons. The molecule has 1 N–H and O–H groups in total. The number of anilines is 1. The zero-order valence-corrected chi connectivity index (χ0v) is 13.6. The van der Waals surface area contributed by atoms with E-state index in [1.54, 1.807) is 4.90 Å². The predicted molar refractivity (Wildman–Crippen MR) is 86.2 cm³/mol. The van der Waals surface area contributed by atoms with Gasteiger partial charge in [-0.3, -0.25) is 4.90 Å². The Hall–Kier alpha value is -1.55. The predicted octanol–water partition coefficient (Wildman–Crippen LogP) is 3.61. The number of carbonyl (C=O) groups is 1. The number of nitrogens with zero attached hydrogens (tertiary/aromatic N) is 1. The molecule has 0 atom stereocenters. The standard InChI is InChI=1S/C18H25NO3/c1-17(2,3)22-16(21)19-12-18(10-8-13(20)9-11-18)14-6-4-5-7-15(14)19/h4-7,13,20H,8-12H2,1-3H3. The molecule has 22 heavy (non-hydrogen) atoms. The minimum atomic E-state index is -0.495. The van der Waals surface area contributed by atoms with Crippen LogP contribution in [0, 0.1) is 0 Å². The third-order valence-corrected chi connectivity index (χ3v) is 4.75. The number of aliphatic hydroxyl groups is 1. The molecule has 0 radical (unpaired) electrons. The SMILES string of the molecule is CC(C)(C)OC(=O)N1CC2(CCC(O)CC2)c2ccccc21. The van der Waals surface area contributed by atoms with Crippen molar-refractivity contribution in [3.63, 3.8) is 0 Å². The molecular weight excluding hydrogens is 278 g/mol. The Labute approximate surface area is 132 Å². The summed E-state index contributed by atoms with van der Waals surface area (Å²) in [6.07, 6.45) is 2.97. The highest BCUT2D eigenvalue weighted by Crippen LogP contribution is 2.49. The van der Waals surface area contributed by atoms with Gasteiger partial charge in [0, 0.05) is 12.0 Å². The second kappa shape index (κ2) is 5.27. The molecule has 2 aliphatic rings. The van der Waals surface area contributed by atoms with Crippen LogP contribution >= 0.6 is 0 Å². The lowest BCUT2D eigenvalue weighted by molar-refractivity contribution is 0.0566. The van der Waals surface area contributed by atoms with Gasteiger partial charge in [-0.15, -0.1) is 0 Å². The molecule has 1 heterocycles. The van der Waals surface area contributed by atoms with Crippen molar-refractivity contribution >= 4 is 11.8 Å². The number of hydrogen-bond donors (Lipinski definition) is 1. The van der Waals surface area contributed by atoms with Gasteiger partial charge < -0.3 is 9.84 Å². The highest BCUT2D eigenvalue weighted by molar-refractivity contribution is 5.91. The van der Waals surface area contributed by atoms with Gasteiger partial charge in [-0.2, -0.15) is 0 Å². The molecule has 1 amide bonds. The maximum absolute atomic E-state index is 12.6. The summed E-state index contributed by atoms with van der Waals surface area (Å²) in [7, 11) is 0. The van der Waals surface area contributed by atoms with Gasteiger partial charge in [-0.05, 0) is 58.1 Å². The van der Waals surface area contributed by atoms with E-state index in [0.717, 1.165) is 31.4 Å². The molecule has 1 aliphatic carbocycles. The van der Waals surface area contributed by atoms with E-state index >= 15 is 0 Å².